The zero-order valence-corrected chi connectivity index (χ0v) is 21.0. The van der Waals surface area contributed by atoms with Crippen LogP contribution in [0.3, 0.4) is 0 Å². The lowest BCUT2D eigenvalue weighted by molar-refractivity contribution is 0.135. The highest BCUT2D eigenvalue weighted by Crippen LogP contribution is 2.13. The molecule has 2 N–H and O–H groups in total. The Labute approximate surface area is 204 Å². The van der Waals surface area contributed by atoms with Crippen LogP contribution in [0.15, 0.2) is 65.7 Å². The second-order valence-electron chi connectivity index (χ2n) is 7.88. The number of hydrogen-bond acceptors (Lipinski definition) is 3. The minimum Gasteiger partial charge on any atom is -0.381 e. The van der Waals surface area contributed by atoms with Crippen LogP contribution < -0.4 is 10.6 Å². The summed E-state index contributed by atoms with van der Waals surface area (Å²) < 4.78 is 5.76. The van der Waals surface area contributed by atoms with Gasteiger partial charge in [-0.1, -0.05) is 60.7 Å². The Hall–Kier alpha value is -1.64. The van der Waals surface area contributed by atoms with Crippen molar-refractivity contribution in [3.05, 3.63) is 71.8 Å². The fourth-order valence-electron chi connectivity index (χ4n) is 3.78. The lowest BCUT2D eigenvalue weighted by atomic mass is 10.0. The van der Waals surface area contributed by atoms with E-state index < -0.39 is 0 Å². The Morgan fingerprint density at radius 2 is 1.61 bits per heavy atom. The third kappa shape index (κ3) is 10.0. The van der Waals surface area contributed by atoms with E-state index in [-0.39, 0.29) is 24.0 Å². The first-order valence-electron chi connectivity index (χ1n) is 11.2. The quantitative estimate of drug-likeness (QED) is 0.208. The Bertz CT molecular complexity index is 734. The first kappa shape index (κ1) is 25.6. The minimum absolute atomic E-state index is 0. The van der Waals surface area contributed by atoms with E-state index in [0.29, 0.717) is 6.04 Å². The van der Waals surface area contributed by atoms with E-state index in [1.807, 2.05) is 13.1 Å². The van der Waals surface area contributed by atoms with E-state index in [4.69, 9.17) is 4.74 Å². The standard InChI is InChI=1S/C25H36N4O.HI/c1-26-25(27-16-8-19-30-20-15-22-9-4-2-5-10-22)28-24-13-17-29(18-14-24)21-23-11-6-3-7-12-23;/h2-7,9-12,24H,8,13-21H2,1H3,(H2,26,27,28);1H. The Morgan fingerprint density at radius 1 is 0.968 bits per heavy atom. The van der Waals surface area contributed by atoms with Gasteiger partial charge in [0.25, 0.3) is 0 Å². The number of rotatable bonds is 10. The van der Waals surface area contributed by atoms with Crippen molar-refractivity contribution in [3.63, 3.8) is 0 Å². The van der Waals surface area contributed by atoms with Gasteiger partial charge in [-0.15, -0.1) is 24.0 Å². The van der Waals surface area contributed by atoms with Crippen molar-refractivity contribution in [2.75, 3.05) is 39.9 Å². The molecule has 0 saturated carbocycles. The molecule has 170 valence electrons. The number of benzene rings is 2. The van der Waals surface area contributed by atoms with E-state index in [1.54, 1.807) is 0 Å². The lowest BCUT2D eigenvalue weighted by Crippen LogP contribution is -2.48. The molecular weight excluding hydrogens is 499 g/mol. The maximum absolute atomic E-state index is 5.76. The van der Waals surface area contributed by atoms with Crippen molar-refractivity contribution in [2.45, 2.75) is 38.3 Å². The van der Waals surface area contributed by atoms with Crippen molar-refractivity contribution in [2.24, 2.45) is 4.99 Å². The van der Waals surface area contributed by atoms with Gasteiger partial charge in [0.2, 0.25) is 0 Å². The molecule has 1 fully saturated rings. The van der Waals surface area contributed by atoms with Gasteiger partial charge in [-0.05, 0) is 36.8 Å². The van der Waals surface area contributed by atoms with Crippen LogP contribution in [-0.2, 0) is 17.7 Å². The number of nitrogens with zero attached hydrogens (tertiary/aromatic N) is 2. The fraction of sp³-hybridized carbons (Fsp3) is 0.480. The molecule has 1 heterocycles. The number of nitrogens with one attached hydrogen (secondary N) is 2. The van der Waals surface area contributed by atoms with Crippen LogP contribution in [0.4, 0.5) is 0 Å². The predicted molar refractivity (Wildman–Crippen MR) is 140 cm³/mol. The first-order valence-corrected chi connectivity index (χ1v) is 11.2. The van der Waals surface area contributed by atoms with Crippen molar-refractivity contribution in [1.29, 1.82) is 0 Å². The first-order chi connectivity index (χ1) is 14.8. The Balaban J connectivity index is 0.00000341. The molecule has 1 aliphatic heterocycles. The zero-order valence-electron chi connectivity index (χ0n) is 18.6. The van der Waals surface area contributed by atoms with Gasteiger partial charge in [0.05, 0.1) is 6.61 Å². The monoisotopic (exact) mass is 536 g/mol. The second kappa shape index (κ2) is 15.2. The molecule has 0 atom stereocenters. The number of piperidine rings is 1. The van der Waals surface area contributed by atoms with Crippen molar-refractivity contribution in [3.8, 4) is 0 Å². The van der Waals surface area contributed by atoms with Gasteiger partial charge < -0.3 is 15.4 Å². The highest BCUT2D eigenvalue weighted by molar-refractivity contribution is 14.0. The highest BCUT2D eigenvalue weighted by atomic mass is 127. The van der Waals surface area contributed by atoms with Crippen LogP contribution in [0.5, 0.6) is 0 Å². The molecule has 0 bridgehead atoms. The van der Waals surface area contributed by atoms with Crippen LogP contribution in [-0.4, -0.2) is 56.8 Å². The highest BCUT2D eigenvalue weighted by Gasteiger charge is 2.19. The van der Waals surface area contributed by atoms with E-state index in [1.165, 1.54) is 11.1 Å². The average Bonchev–Trinajstić information content (AvgIpc) is 2.80. The number of aliphatic imine (C=N–C) groups is 1. The SMILES string of the molecule is CN=C(NCCCOCCc1ccccc1)NC1CCN(Cc2ccccc2)CC1.I. The number of ether oxygens (including phenoxy) is 1. The summed E-state index contributed by atoms with van der Waals surface area (Å²) in [7, 11) is 1.84. The molecule has 0 unspecified atom stereocenters. The molecule has 2 aromatic rings. The Morgan fingerprint density at radius 3 is 2.26 bits per heavy atom. The fourth-order valence-corrected chi connectivity index (χ4v) is 3.78. The van der Waals surface area contributed by atoms with Crippen LogP contribution in [0.25, 0.3) is 0 Å². The summed E-state index contributed by atoms with van der Waals surface area (Å²) in [6.45, 7) is 5.72. The topological polar surface area (TPSA) is 48.9 Å². The molecule has 2 aromatic carbocycles. The zero-order chi connectivity index (χ0) is 20.9. The largest absolute Gasteiger partial charge is 0.381 e. The van der Waals surface area contributed by atoms with Gasteiger partial charge in [-0.25, -0.2) is 0 Å². The van der Waals surface area contributed by atoms with Crippen LogP contribution in [0.1, 0.15) is 30.4 Å². The van der Waals surface area contributed by atoms with Gasteiger partial charge in [0, 0.05) is 45.9 Å². The summed E-state index contributed by atoms with van der Waals surface area (Å²) in [6, 6.07) is 21.7. The lowest BCUT2D eigenvalue weighted by Gasteiger charge is -2.33. The van der Waals surface area contributed by atoms with Crippen molar-refractivity contribution < 1.29 is 4.74 Å². The minimum atomic E-state index is 0. The summed E-state index contributed by atoms with van der Waals surface area (Å²) in [5, 5.41) is 7.01. The molecule has 6 heteroatoms. The Kier molecular flexibility index (Phi) is 12.6. The molecule has 0 amide bonds. The maximum Gasteiger partial charge on any atom is 0.191 e. The second-order valence-corrected chi connectivity index (χ2v) is 7.88. The molecule has 0 aliphatic carbocycles. The summed E-state index contributed by atoms with van der Waals surface area (Å²) in [5.74, 6) is 0.904. The molecule has 0 radical (unpaired) electrons. The van der Waals surface area contributed by atoms with E-state index >= 15 is 0 Å². The van der Waals surface area contributed by atoms with Gasteiger partial charge in [-0.3, -0.25) is 9.89 Å². The molecule has 1 saturated heterocycles. The summed E-state index contributed by atoms with van der Waals surface area (Å²) in [6.07, 6.45) is 4.25. The number of guanidine groups is 1. The molecule has 0 aromatic heterocycles. The summed E-state index contributed by atoms with van der Waals surface area (Å²) in [4.78, 5) is 6.92. The third-order valence-electron chi connectivity index (χ3n) is 5.54. The molecule has 5 nitrogen and oxygen atoms in total. The summed E-state index contributed by atoms with van der Waals surface area (Å²) in [5.41, 5.74) is 2.72. The molecular formula is C25H37IN4O. The van der Waals surface area contributed by atoms with Gasteiger partial charge >= 0.3 is 0 Å². The normalized spacial score (nSPS) is 15.3. The number of halogens is 1. The maximum atomic E-state index is 5.76. The smallest absolute Gasteiger partial charge is 0.191 e. The molecule has 1 aliphatic rings. The van der Waals surface area contributed by atoms with Crippen LogP contribution in [0.2, 0.25) is 0 Å². The van der Waals surface area contributed by atoms with E-state index in [0.717, 1.165) is 71.0 Å². The number of hydrogen-bond donors (Lipinski definition) is 2. The molecule has 31 heavy (non-hydrogen) atoms. The van der Waals surface area contributed by atoms with Gasteiger partial charge in [0.15, 0.2) is 5.96 Å². The molecule has 3 rings (SSSR count). The third-order valence-corrected chi connectivity index (χ3v) is 5.54. The predicted octanol–water partition coefficient (Wildman–Crippen LogP) is 4.08. The van der Waals surface area contributed by atoms with Crippen LogP contribution in [0, 0.1) is 0 Å². The van der Waals surface area contributed by atoms with E-state index in [2.05, 4.69) is 75.1 Å². The average molecular weight is 537 g/mol. The van der Waals surface area contributed by atoms with Gasteiger partial charge in [0.1, 0.15) is 0 Å². The summed E-state index contributed by atoms with van der Waals surface area (Å²) >= 11 is 0. The van der Waals surface area contributed by atoms with Gasteiger partial charge in [-0.2, -0.15) is 0 Å². The number of likely N-dealkylation sites (tertiary alicyclic amines) is 1. The van der Waals surface area contributed by atoms with E-state index in [9.17, 15) is 0 Å². The molecule has 0 spiro atoms. The van der Waals surface area contributed by atoms with Crippen molar-refractivity contribution >= 4 is 29.9 Å². The van der Waals surface area contributed by atoms with Crippen molar-refractivity contribution in [1.82, 2.24) is 15.5 Å². The van der Waals surface area contributed by atoms with Crippen LogP contribution >= 0.6 is 24.0 Å².